The molecule has 0 aliphatic heterocycles. The van der Waals surface area contributed by atoms with Crippen LogP contribution in [0.1, 0.15) is 78.4 Å². The summed E-state index contributed by atoms with van der Waals surface area (Å²) in [6, 6.07) is 0.318. The maximum atomic E-state index is 5.95. The second-order valence-corrected chi connectivity index (χ2v) is 5.45. The van der Waals surface area contributed by atoms with Crippen molar-refractivity contribution in [2.45, 2.75) is 78.4 Å². The van der Waals surface area contributed by atoms with Crippen molar-refractivity contribution >= 4 is 0 Å². The van der Waals surface area contributed by atoms with Crippen molar-refractivity contribution in [2.24, 2.45) is 0 Å². The van der Waals surface area contributed by atoms with Gasteiger partial charge in [0.05, 0.1) is 5.92 Å². The van der Waals surface area contributed by atoms with E-state index in [1.165, 1.54) is 0 Å². The number of ether oxygens (including phenoxy) is 1. The molecule has 5 heteroatoms. The maximum absolute atomic E-state index is 5.95. The van der Waals surface area contributed by atoms with Gasteiger partial charge < -0.3 is 14.6 Å². The molecule has 2 unspecified atom stereocenters. The fraction of sp³-hybridized carbons (Fsp3) is 0.875. The topological polar surface area (TPSA) is 60.2 Å². The highest BCUT2D eigenvalue weighted by Crippen LogP contribution is 2.32. The molecule has 122 valence electrons. The average molecular weight is 297 g/mol. The number of rotatable bonds is 10. The van der Waals surface area contributed by atoms with Gasteiger partial charge in [0.1, 0.15) is 5.60 Å². The van der Waals surface area contributed by atoms with Gasteiger partial charge in [0.25, 0.3) is 0 Å². The van der Waals surface area contributed by atoms with Crippen LogP contribution in [0.25, 0.3) is 0 Å². The fourth-order valence-electron chi connectivity index (χ4n) is 2.89. The first-order valence-corrected chi connectivity index (χ1v) is 8.29. The molecule has 1 N–H and O–H groups in total. The molecule has 2 atom stereocenters. The maximum Gasteiger partial charge on any atom is 0.231 e. The summed E-state index contributed by atoms with van der Waals surface area (Å²) in [5.74, 6) is 1.64. The van der Waals surface area contributed by atoms with Crippen molar-refractivity contribution in [1.82, 2.24) is 15.5 Å². The van der Waals surface area contributed by atoms with Crippen molar-refractivity contribution in [2.75, 3.05) is 13.2 Å². The zero-order valence-corrected chi connectivity index (χ0v) is 14.4. The first-order chi connectivity index (χ1) is 10.1. The van der Waals surface area contributed by atoms with Crippen molar-refractivity contribution in [1.29, 1.82) is 0 Å². The summed E-state index contributed by atoms with van der Waals surface area (Å²) in [7, 11) is 0. The number of aromatic nitrogens is 2. The van der Waals surface area contributed by atoms with Crippen LogP contribution in [-0.2, 0) is 10.3 Å². The van der Waals surface area contributed by atoms with Crippen LogP contribution in [0.3, 0.4) is 0 Å². The Bertz CT molecular complexity index is 402. The van der Waals surface area contributed by atoms with E-state index in [2.05, 4.69) is 50.1 Å². The molecule has 0 bridgehead atoms. The molecule has 0 spiro atoms. The van der Waals surface area contributed by atoms with Gasteiger partial charge in [-0.2, -0.15) is 4.98 Å². The number of hydrogen-bond acceptors (Lipinski definition) is 5. The van der Waals surface area contributed by atoms with E-state index in [1.54, 1.807) is 0 Å². The minimum atomic E-state index is -0.420. The van der Waals surface area contributed by atoms with E-state index >= 15 is 0 Å². The fourth-order valence-corrected chi connectivity index (χ4v) is 2.89. The van der Waals surface area contributed by atoms with Crippen molar-refractivity contribution in [3.63, 3.8) is 0 Å². The Balaban J connectivity index is 3.02. The van der Waals surface area contributed by atoms with Gasteiger partial charge in [-0.3, -0.25) is 0 Å². The van der Waals surface area contributed by atoms with Gasteiger partial charge in [-0.25, -0.2) is 0 Å². The third kappa shape index (κ3) is 4.04. The van der Waals surface area contributed by atoms with E-state index in [0.717, 1.165) is 25.8 Å². The summed E-state index contributed by atoms with van der Waals surface area (Å²) in [5.41, 5.74) is -0.420. The number of likely N-dealkylation sites (N-methyl/N-ethyl adjacent to an activating group) is 1. The van der Waals surface area contributed by atoms with E-state index in [9.17, 15) is 0 Å². The smallest absolute Gasteiger partial charge is 0.231 e. The van der Waals surface area contributed by atoms with E-state index in [4.69, 9.17) is 9.26 Å². The Kier molecular flexibility index (Phi) is 7.32. The molecule has 21 heavy (non-hydrogen) atoms. The van der Waals surface area contributed by atoms with Gasteiger partial charge in [-0.1, -0.05) is 32.9 Å². The Hall–Kier alpha value is -0.940. The summed E-state index contributed by atoms with van der Waals surface area (Å²) >= 11 is 0. The summed E-state index contributed by atoms with van der Waals surface area (Å²) < 4.78 is 11.5. The highest BCUT2D eigenvalue weighted by Gasteiger charge is 2.35. The van der Waals surface area contributed by atoms with Crippen LogP contribution in [0, 0.1) is 0 Å². The minimum absolute atomic E-state index is 0.235. The third-order valence-corrected chi connectivity index (χ3v) is 4.30. The molecule has 1 aromatic rings. The second-order valence-electron chi connectivity index (χ2n) is 5.45. The Morgan fingerprint density at radius 2 is 1.86 bits per heavy atom. The minimum Gasteiger partial charge on any atom is -0.367 e. The molecule has 5 nitrogen and oxygen atoms in total. The van der Waals surface area contributed by atoms with Crippen LogP contribution in [0.2, 0.25) is 0 Å². The van der Waals surface area contributed by atoms with Gasteiger partial charge in [-0.05, 0) is 39.7 Å². The average Bonchev–Trinajstić information content (AvgIpc) is 2.96. The molecular weight excluding hydrogens is 266 g/mol. The lowest BCUT2D eigenvalue weighted by molar-refractivity contribution is -0.0583. The Morgan fingerprint density at radius 3 is 2.33 bits per heavy atom. The van der Waals surface area contributed by atoms with E-state index in [-0.39, 0.29) is 5.92 Å². The predicted octanol–water partition coefficient (Wildman–Crippen LogP) is 3.61. The predicted molar refractivity (Wildman–Crippen MR) is 84.4 cm³/mol. The van der Waals surface area contributed by atoms with Crippen molar-refractivity contribution in [3.05, 3.63) is 11.7 Å². The van der Waals surface area contributed by atoms with Crippen LogP contribution in [-0.4, -0.2) is 29.3 Å². The molecule has 0 aliphatic rings. The number of hydrogen-bond donors (Lipinski definition) is 1. The van der Waals surface area contributed by atoms with E-state index < -0.39 is 5.60 Å². The largest absolute Gasteiger partial charge is 0.367 e. The Morgan fingerprint density at radius 1 is 1.19 bits per heavy atom. The molecule has 0 amide bonds. The highest BCUT2D eigenvalue weighted by molar-refractivity contribution is 5.05. The van der Waals surface area contributed by atoms with Gasteiger partial charge >= 0.3 is 0 Å². The molecule has 1 rings (SSSR count). The molecule has 1 aromatic heterocycles. The first-order valence-electron chi connectivity index (χ1n) is 8.29. The van der Waals surface area contributed by atoms with Gasteiger partial charge in [-0.15, -0.1) is 0 Å². The van der Waals surface area contributed by atoms with Crippen LogP contribution < -0.4 is 5.32 Å². The molecular formula is C16H31N3O2. The van der Waals surface area contributed by atoms with Crippen LogP contribution in [0.5, 0.6) is 0 Å². The van der Waals surface area contributed by atoms with E-state index in [0.29, 0.717) is 24.4 Å². The second kappa shape index (κ2) is 8.49. The lowest BCUT2D eigenvalue weighted by atomic mass is 9.95. The summed E-state index contributed by atoms with van der Waals surface area (Å²) in [5, 5.41) is 7.66. The Labute approximate surface area is 128 Å². The number of nitrogens with one attached hydrogen (secondary N) is 1. The highest BCUT2D eigenvalue weighted by atomic mass is 16.5. The van der Waals surface area contributed by atoms with Gasteiger partial charge in [0.2, 0.25) is 11.7 Å². The monoisotopic (exact) mass is 297 g/mol. The SMILES string of the molecule is CCNC(C)C(CC)c1nc(C(CC)(CC)OCC)no1. The third-order valence-electron chi connectivity index (χ3n) is 4.30. The molecule has 0 radical (unpaired) electrons. The van der Waals surface area contributed by atoms with E-state index in [1.807, 2.05) is 6.92 Å². The normalized spacial score (nSPS) is 15.1. The van der Waals surface area contributed by atoms with Crippen molar-refractivity contribution < 1.29 is 9.26 Å². The van der Waals surface area contributed by atoms with Crippen LogP contribution in [0.4, 0.5) is 0 Å². The molecule has 0 aliphatic carbocycles. The molecule has 0 saturated carbocycles. The summed E-state index contributed by atoms with van der Waals surface area (Å²) in [6.45, 7) is 14.2. The van der Waals surface area contributed by atoms with Gasteiger partial charge in [0.15, 0.2) is 0 Å². The standard InChI is InChI=1S/C16H31N3O2/c1-7-13(12(6)17-10-4)14-18-15(19-21-14)16(8-2,9-3)20-11-5/h12-13,17H,7-11H2,1-6H3. The summed E-state index contributed by atoms with van der Waals surface area (Å²) in [4.78, 5) is 4.67. The summed E-state index contributed by atoms with van der Waals surface area (Å²) in [6.07, 6.45) is 2.65. The molecule has 0 aromatic carbocycles. The molecule has 1 heterocycles. The quantitative estimate of drug-likeness (QED) is 0.715. The number of nitrogens with zero attached hydrogens (tertiary/aromatic N) is 2. The zero-order chi connectivity index (χ0) is 15.9. The lowest BCUT2D eigenvalue weighted by Crippen LogP contribution is -2.32. The van der Waals surface area contributed by atoms with Crippen molar-refractivity contribution in [3.8, 4) is 0 Å². The first kappa shape index (κ1) is 18.1. The van der Waals surface area contributed by atoms with Gasteiger partial charge in [0, 0.05) is 12.6 Å². The molecule has 0 saturated heterocycles. The lowest BCUT2D eigenvalue weighted by Gasteiger charge is -2.27. The van der Waals surface area contributed by atoms with Crippen LogP contribution >= 0.6 is 0 Å². The molecule has 0 fully saturated rings. The van der Waals surface area contributed by atoms with Crippen LogP contribution in [0.15, 0.2) is 4.52 Å². The zero-order valence-electron chi connectivity index (χ0n) is 14.4.